The van der Waals surface area contributed by atoms with Gasteiger partial charge in [0.1, 0.15) is 12.4 Å². The van der Waals surface area contributed by atoms with Crippen LogP contribution in [0.5, 0.6) is 5.75 Å². The lowest BCUT2D eigenvalue weighted by atomic mass is 10.0. The molecule has 8 nitrogen and oxygen atoms in total. The molecule has 0 fully saturated rings. The Balaban J connectivity index is 1.49. The highest BCUT2D eigenvalue weighted by atomic mass is 32.2. The zero-order valence-electron chi connectivity index (χ0n) is 23.6. The molecule has 0 spiro atoms. The lowest BCUT2D eigenvalue weighted by Gasteiger charge is -2.21. The summed E-state index contributed by atoms with van der Waals surface area (Å²) in [5, 5.41) is 22.5. The third kappa shape index (κ3) is 7.50. The molecule has 3 aromatic carbocycles. The van der Waals surface area contributed by atoms with Gasteiger partial charge in [-0.05, 0) is 74.7 Å². The topological polar surface area (TPSA) is 124 Å². The van der Waals surface area contributed by atoms with Crippen molar-refractivity contribution in [3.05, 3.63) is 107 Å². The number of sulfonamides is 1. The molecule has 0 aliphatic heterocycles. The molecule has 4 aromatic rings. The lowest BCUT2D eigenvalue weighted by Crippen LogP contribution is -2.40. The third-order valence-electron chi connectivity index (χ3n) is 6.32. The fourth-order valence-corrected chi connectivity index (χ4v) is 6.04. The highest BCUT2D eigenvalue weighted by Crippen LogP contribution is 2.30. The minimum atomic E-state index is -3.72. The predicted octanol–water partition coefficient (Wildman–Crippen LogP) is 5.69. The number of benzene rings is 3. The lowest BCUT2D eigenvalue weighted by molar-refractivity contribution is 0.256. The minimum absolute atomic E-state index is 0.212. The molecule has 0 amide bonds. The second-order valence-corrected chi connectivity index (χ2v) is 12.4. The Bertz CT molecular complexity index is 1650. The van der Waals surface area contributed by atoms with Crippen molar-refractivity contribution >= 4 is 15.7 Å². The summed E-state index contributed by atoms with van der Waals surface area (Å²) >= 11 is 0. The molecule has 0 radical (unpaired) electrons. The van der Waals surface area contributed by atoms with Crippen molar-refractivity contribution in [2.45, 2.75) is 57.9 Å². The van der Waals surface area contributed by atoms with Gasteiger partial charge in [-0.1, -0.05) is 42.5 Å². The molecule has 3 N–H and O–H groups in total. The number of aromatic nitrogens is 1. The molecule has 212 valence electrons. The van der Waals surface area contributed by atoms with Gasteiger partial charge in [-0.15, -0.1) is 0 Å². The van der Waals surface area contributed by atoms with Crippen LogP contribution in [0.15, 0.2) is 83.9 Å². The number of pyridine rings is 1. The van der Waals surface area contributed by atoms with Crippen molar-refractivity contribution in [2.75, 3.05) is 5.32 Å². The van der Waals surface area contributed by atoms with Crippen LogP contribution in [-0.4, -0.2) is 24.0 Å². The molecule has 0 aliphatic carbocycles. The van der Waals surface area contributed by atoms with E-state index in [2.05, 4.69) is 21.1 Å². The van der Waals surface area contributed by atoms with Crippen molar-refractivity contribution < 1.29 is 18.3 Å². The van der Waals surface area contributed by atoms with E-state index in [9.17, 15) is 13.5 Å². The van der Waals surface area contributed by atoms with Gasteiger partial charge in [0.25, 0.3) is 0 Å². The SMILES string of the molecule is Cc1ncc(CNc2ccc(-c3ccccc3S(=O)(=O)NC(C)(C)C)cc2)c(CO)c1OCc1ccc(C#N)cc1. The predicted molar refractivity (Wildman–Crippen MR) is 160 cm³/mol. The number of hydrogen-bond donors (Lipinski definition) is 3. The molecule has 1 heterocycles. The second-order valence-electron chi connectivity index (χ2n) is 10.7. The molecule has 0 bridgehead atoms. The number of aliphatic hydroxyl groups excluding tert-OH is 1. The highest BCUT2D eigenvalue weighted by Gasteiger charge is 2.24. The molecule has 0 atom stereocenters. The summed E-state index contributed by atoms with van der Waals surface area (Å²) in [6.07, 6.45) is 1.72. The van der Waals surface area contributed by atoms with Gasteiger partial charge in [0.15, 0.2) is 0 Å². The first-order valence-corrected chi connectivity index (χ1v) is 14.7. The van der Waals surface area contributed by atoms with Crippen LogP contribution in [0.25, 0.3) is 11.1 Å². The number of nitrogens with one attached hydrogen (secondary N) is 2. The van der Waals surface area contributed by atoms with Crippen molar-refractivity contribution in [3.8, 4) is 22.9 Å². The van der Waals surface area contributed by atoms with Crippen LogP contribution in [0.4, 0.5) is 5.69 Å². The number of aliphatic hydroxyl groups is 1. The molecular formula is C32H34N4O4S. The molecule has 0 saturated carbocycles. The Hall–Kier alpha value is -4.23. The van der Waals surface area contributed by atoms with Gasteiger partial charge in [0.05, 0.1) is 28.8 Å². The number of aryl methyl sites for hydroxylation is 1. The van der Waals surface area contributed by atoms with Crippen LogP contribution in [-0.2, 0) is 29.8 Å². The van der Waals surface area contributed by atoms with Gasteiger partial charge in [-0.3, -0.25) is 4.98 Å². The average Bonchev–Trinajstić information content (AvgIpc) is 2.95. The van der Waals surface area contributed by atoms with Crippen LogP contribution in [0.3, 0.4) is 0 Å². The van der Waals surface area contributed by atoms with Gasteiger partial charge in [0.2, 0.25) is 10.0 Å². The van der Waals surface area contributed by atoms with Crippen LogP contribution in [0, 0.1) is 18.3 Å². The highest BCUT2D eigenvalue weighted by molar-refractivity contribution is 7.89. The number of nitriles is 1. The van der Waals surface area contributed by atoms with Crippen LogP contribution < -0.4 is 14.8 Å². The van der Waals surface area contributed by atoms with E-state index in [1.54, 1.807) is 36.5 Å². The number of ether oxygens (including phenoxy) is 1. The van der Waals surface area contributed by atoms with E-state index in [0.717, 1.165) is 22.4 Å². The Kier molecular flexibility index (Phi) is 9.08. The van der Waals surface area contributed by atoms with Crippen molar-refractivity contribution in [2.24, 2.45) is 0 Å². The third-order valence-corrected chi connectivity index (χ3v) is 8.14. The second kappa shape index (κ2) is 12.5. The van der Waals surface area contributed by atoms with E-state index in [-0.39, 0.29) is 18.1 Å². The maximum atomic E-state index is 13.1. The maximum Gasteiger partial charge on any atom is 0.241 e. The first-order valence-electron chi connectivity index (χ1n) is 13.2. The van der Waals surface area contributed by atoms with Crippen molar-refractivity contribution in [1.29, 1.82) is 5.26 Å². The monoisotopic (exact) mass is 570 g/mol. The Morgan fingerprint density at radius 3 is 2.32 bits per heavy atom. The van der Waals surface area contributed by atoms with Crippen molar-refractivity contribution in [1.82, 2.24) is 9.71 Å². The summed E-state index contributed by atoms with van der Waals surface area (Å²) in [5.74, 6) is 0.535. The molecule has 1 aromatic heterocycles. The van der Waals surface area contributed by atoms with E-state index in [4.69, 9.17) is 10.00 Å². The Labute approximate surface area is 241 Å². The molecule has 4 rings (SSSR count). The number of hydrogen-bond acceptors (Lipinski definition) is 7. The summed E-state index contributed by atoms with van der Waals surface area (Å²) in [5.41, 5.74) is 5.21. The maximum absolute atomic E-state index is 13.1. The summed E-state index contributed by atoms with van der Waals surface area (Å²) in [6.45, 7) is 7.73. The van der Waals surface area contributed by atoms with E-state index in [1.807, 2.05) is 70.2 Å². The fraction of sp³-hybridized carbons (Fsp3) is 0.250. The van der Waals surface area contributed by atoms with Gasteiger partial charge in [-0.25, -0.2) is 13.1 Å². The van der Waals surface area contributed by atoms with Crippen LogP contribution >= 0.6 is 0 Å². The molecule has 0 aliphatic rings. The van der Waals surface area contributed by atoms with Crippen LogP contribution in [0.1, 0.15) is 48.7 Å². The minimum Gasteiger partial charge on any atom is -0.487 e. The first-order chi connectivity index (χ1) is 19.5. The summed E-state index contributed by atoms with van der Waals surface area (Å²) in [4.78, 5) is 4.69. The van der Waals surface area contributed by atoms with Gasteiger partial charge < -0.3 is 15.2 Å². The van der Waals surface area contributed by atoms with Crippen molar-refractivity contribution in [3.63, 3.8) is 0 Å². The van der Waals surface area contributed by atoms with E-state index < -0.39 is 15.6 Å². The Morgan fingerprint density at radius 2 is 1.68 bits per heavy atom. The smallest absolute Gasteiger partial charge is 0.241 e. The summed E-state index contributed by atoms with van der Waals surface area (Å²) in [6, 6.07) is 23.7. The number of rotatable bonds is 10. The molecule has 0 saturated heterocycles. The molecule has 0 unspecified atom stereocenters. The van der Waals surface area contributed by atoms with E-state index in [1.165, 1.54) is 0 Å². The van der Waals surface area contributed by atoms with E-state index in [0.29, 0.717) is 34.7 Å². The summed E-state index contributed by atoms with van der Waals surface area (Å²) in [7, 11) is -3.72. The quantitative estimate of drug-likeness (QED) is 0.224. The normalized spacial score (nSPS) is 11.6. The fourth-order valence-electron chi connectivity index (χ4n) is 4.39. The zero-order valence-corrected chi connectivity index (χ0v) is 24.4. The van der Waals surface area contributed by atoms with Crippen LogP contribution in [0.2, 0.25) is 0 Å². The largest absolute Gasteiger partial charge is 0.487 e. The Morgan fingerprint density at radius 1 is 1.00 bits per heavy atom. The average molecular weight is 571 g/mol. The zero-order chi connectivity index (χ0) is 29.6. The van der Waals surface area contributed by atoms with Gasteiger partial charge in [0, 0.05) is 35.1 Å². The number of anilines is 1. The molecule has 9 heteroatoms. The standard InChI is InChI=1S/C32H34N4O4S/c1-22-31(40-21-24-11-9-23(17-33)10-12-24)29(20-37)26(18-34-22)19-35-27-15-13-25(14-16-27)28-7-5-6-8-30(28)41(38,39)36-32(2,3)4/h5-16,18,35-37H,19-21H2,1-4H3. The number of nitrogens with zero attached hydrogens (tertiary/aromatic N) is 2. The first kappa shape index (κ1) is 29.7. The molecular weight excluding hydrogens is 536 g/mol. The summed E-state index contributed by atoms with van der Waals surface area (Å²) < 4.78 is 34.9. The van der Waals surface area contributed by atoms with E-state index >= 15 is 0 Å². The van der Waals surface area contributed by atoms with Gasteiger partial charge in [-0.2, -0.15) is 5.26 Å². The van der Waals surface area contributed by atoms with Gasteiger partial charge >= 0.3 is 0 Å². The molecule has 41 heavy (non-hydrogen) atoms.